The summed E-state index contributed by atoms with van der Waals surface area (Å²) >= 11 is 0. The maximum Gasteiger partial charge on any atom is 0.494 e. The minimum atomic E-state index is -0.447. The number of ether oxygens (including phenoxy) is 1. The Morgan fingerprint density at radius 3 is 2.45 bits per heavy atom. The number of amides is 3. The Morgan fingerprint density at radius 2 is 1.81 bits per heavy atom. The lowest BCUT2D eigenvalue weighted by molar-refractivity contribution is -0.135. The van der Waals surface area contributed by atoms with Crippen molar-refractivity contribution < 1.29 is 23.6 Å². The largest absolute Gasteiger partial charge is 0.494 e. The van der Waals surface area contributed by atoms with Gasteiger partial charge in [-0.25, -0.2) is 9.69 Å². The minimum absolute atomic E-state index is 0.0251. The molecule has 2 aliphatic rings. The van der Waals surface area contributed by atoms with Gasteiger partial charge in [-0.15, -0.1) is 0 Å². The molecule has 9 heteroatoms. The normalized spacial score (nSPS) is 20.5. The van der Waals surface area contributed by atoms with Crippen LogP contribution in [-0.2, 0) is 25.4 Å². The first-order valence-corrected chi connectivity index (χ1v) is 13.6. The number of urea groups is 1. The first kappa shape index (κ1) is 24.0. The number of rotatable bonds is 8. The fraction of sp³-hybridized carbons (Fsp3) is 0.636. The third-order valence-electron chi connectivity index (χ3n) is 6.21. The first-order chi connectivity index (χ1) is 14.5. The summed E-state index contributed by atoms with van der Waals surface area (Å²) in [6, 6.07) is 8.62. The van der Waals surface area contributed by atoms with Crippen LogP contribution in [0.25, 0.3) is 0 Å². The molecule has 7 nitrogen and oxygen atoms in total. The van der Waals surface area contributed by atoms with Gasteiger partial charge in [0, 0.05) is 19.5 Å². The van der Waals surface area contributed by atoms with Crippen molar-refractivity contribution in [3.05, 3.63) is 29.8 Å². The smallest absolute Gasteiger partial charge is 0.399 e. The average Bonchev–Trinajstić information content (AvgIpc) is 2.91. The van der Waals surface area contributed by atoms with Gasteiger partial charge in [0.05, 0.1) is 36.9 Å². The number of carbonyl (C=O) groups excluding carboxylic acids is 2. The predicted molar refractivity (Wildman–Crippen MR) is 123 cm³/mol. The summed E-state index contributed by atoms with van der Waals surface area (Å²) in [4.78, 5) is 28.1. The molecule has 0 atom stereocenters. The summed E-state index contributed by atoms with van der Waals surface area (Å²) in [6.07, 6.45) is 0.308. The van der Waals surface area contributed by atoms with Crippen LogP contribution in [0, 0.1) is 0 Å². The molecule has 3 rings (SSSR count). The van der Waals surface area contributed by atoms with Gasteiger partial charge in [0.1, 0.15) is 6.73 Å². The van der Waals surface area contributed by atoms with E-state index < -0.39 is 18.3 Å². The van der Waals surface area contributed by atoms with E-state index in [2.05, 4.69) is 13.1 Å². The van der Waals surface area contributed by atoms with Crippen molar-refractivity contribution in [2.45, 2.75) is 71.0 Å². The zero-order chi connectivity index (χ0) is 22.8. The van der Waals surface area contributed by atoms with E-state index in [1.54, 1.807) is 4.90 Å². The number of carbonyl (C=O) groups is 2. The molecular formula is C22H34BN2O5Si+. The SMILES string of the molecule is C[Si+](C)CCOCN1C(=O)CCN(Cc2cccc(B3OC(C)(C)C(C)(C)O3)c2)C1=O. The molecule has 1 aromatic carbocycles. The second-order valence-corrected chi connectivity index (χ2v) is 12.5. The highest BCUT2D eigenvalue weighted by molar-refractivity contribution is 6.62. The van der Waals surface area contributed by atoms with Gasteiger partial charge < -0.3 is 18.9 Å². The fourth-order valence-electron chi connectivity index (χ4n) is 3.48. The van der Waals surface area contributed by atoms with E-state index in [1.165, 1.54) is 4.90 Å². The second-order valence-electron chi connectivity index (χ2n) is 9.60. The molecule has 2 aliphatic heterocycles. The van der Waals surface area contributed by atoms with Crippen molar-refractivity contribution in [3.8, 4) is 0 Å². The Bertz CT molecular complexity index is 801. The molecule has 2 heterocycles. The van der Waals surface area contributed by atoms with Crippen LogP contribution in [0.15, 0.2) is 24.3 Å². The minimum Gasteiger partial charge on any atom is -0.399 e. The zero-order valence-electron chi connectivity index (χ0n) is 19.6. The second kappa shape index (κ2) is 9.44. The first-order valence-electron chi connectivity index (χ1n) is 10.9. The molecule has 2 fully saturated rings. The molecule has 3 amide bonds. The summed E-state index contributed by atoms with van der Waals surface area (Å²) in [7, 11) is -0.832. The van der Waals surface area contributed by atoms with Crippen LogP contribution in [0.4, 0.5) is 4.79 Å². The molecule has 168 valence electrons. The standard InChI is InChI=1S/C22H34BN2O5Si/c1-21(2)22(3,4)30-23(29-21)18-9-7-8-17(14-18)15-24-11-10-19(26)25(20(24)27)16-28-12-13-31(5)6/h7-9,14H,10-13,15-16H2,1-6H3/q+1. The van der Waals surface area contributed by atoms with E-state index >= 15 is 0 Å². The van der Waals surface area contributed by atoms with Crippen LogP contribution in [0.2, 0.25) is 19.1 Å². The Balaban J connectivity index is 1.64. The van der Waals surface area contributed by atoms with Crippen LogP contribution in [-0.4, -0.2) is 68.7 Å². The van der Waals surface area contributed by atoms with Gasteiger partial charge in [0.2, 0.25) is 5.91 Å². The quantitative estimate of drug-likeness (QED) is 0.455. The number of hydrogen-bond donors (Lipinski definition) is 0. The zero-order valence-corrected chi connectivity index (χ0v) is 20.6. The van der Waals surface area contributed by atoms with Gasteiger partial charge in [-0.2, -0.15) is 0 Å². The fourth-order valence-corrected chi connectivity index (χ4v) is 4.03. The van der Waals surface area contributed by atoms with Crippen molar-refractivity contribution in [3.63, 3.8) is 0 Å². The Kier molecular flexibility index (Phi) is 7.30. The monoisotopic (exact) mass is 445 g/mol. The number of hydrogen-bond acceptors (Lipinski definition) is 5. The van der Waals surface area contributed by atoms with Crippen molar-refractivity contribution >= 4 is 33.3 Å². The van der Waals surface area contributed by atoms with E-state index in [1.807, 2.05) is 52.0 Å². The van der Waals surface area contributed by atoms with Crippen LogP contribution >= 0.6 is 0 Å². The summed E-state index contributed by atoms with van der Waals surface area (Å²) in [5.41, 5.74) is 1.08. The van der Waals surface area contributed by atoms with Gasteiger partial charge in [-0.3, -0.25) is 4.79 Å². The maximum atomic E-state index is 12.9. The van der Waals surface area contributed by atoms with Gasteiger partial charge in [0.15, 0.2) is 0 Å². The molecule has 1 aromatic rings. The lowest BCUT2D eigenvalue weighted by Crippen LogP contribution is -2.52. The molecule has 0 radical (unpaired) electrons. The molecule has 31 heavy (non-hydrogen) atoms. The molecule has 0 bridgehead atoms. The molecule has 0 spiro atoms. The van der Waals surface area contributed by atoms with Gasteiger partial charge in [0.25, 0.3) is 0 Å². The topological polar surface area (TPSA) is 68.3 Å². The summed E-state index contributed by atoms with van der Waals surface area (Å²) < 4.78 is 17.9. The predicted octanol–water partition coefficient (Wildman–Crippen LogP) is 2.87. The summed E-state index contributed by atoms with van der Waals surface area (Å²) in [5.74, 6) is -0.175. The highest BCUT2D eigenvalue weighted by Crippen LogP contribution is 2.36. The van der Waals surface area contributed by atoms with E-state index in [0.717, 1.165) is 17.1 Å². The van der Waals surface area contributed by atoms with Crippen molar-refractivity contribution in [1.29, 1.82) is 0 Å². The highest BCUT2D eigenvalue weighted by Gasteiger charge is 2.51. The van der Waals surface area contributed by atoms with Crippen LogP contribution < -0.4 is 5.46 Å². The van der Waals surface area contributed by atoms with Gasteiger partial charge >= 0.3 is 21.9 Å². The van der Waals surface area contributed by atoms with Gasteiger partial charge in [-0.05, 0) is 38.7 Å². The Morgan fingerprint density at radius 1 is 1.13 bits per heavy atom. The van der Waals surface area contributed by atoms with Crippen LogP contribution in [0.3, 0.4) is 0 Å². The molecule has 2 saturated heterocycles. The molecule has 0 aromatic heterocycles. The number of imide groups is 1. The van der Waals surface area contributed by atoms with Crippen molar-refractivity contribution in [2.75, 3.05) is 19.9 Å². The van der Waals surface area contributed by atoms with Crippen molar-refractivity contribution in [2.24, 2.45) is 0 Å². The number of nitrogens with zero attached hydrogens (tertiary/aromatic N) is 2. The molecule has 0 aliphatic carbocycles. The van der Waals surface area contributed by atoms with Crippen LogP contribution in [0.1, 0.15) is 39.7 Å². The number of benzene rings is 1. The van der Waals surface area contributed by atoms with E-state index in [4.69, 9.17) is 14.0 Å². The molecule has 0 N–H and O–H groups in total. The molecular weight excluding hydrogens is 411 g/mol. The van der Waals surface area contributed by atoms with Gasteiger partial charge in [-0.1, -0.05) is 24.3 Å². The van der Waals surface area contributed by atoms with E-state index in [9.17, 15) is 9.59 Å². The Hall–Kier alpha value is -1.68. The molecule has 0 saturated carbocycles. The lowest BCUT2D eigenvalue weighted by atomic mass is 9.78. The lowest BCUT2D eigenvalue weighted by Gasteiger charge is -2.34. The summed E-state index contributed by atoms with van der Waals surface area (Å²) in [6.45, 7) is 14.0. The van der Waals surface area contributed by atoms with E-state index in [0.29, 0.717) is 26.1 Å². The Labute approximate surface area is 187 Å². The average molecular weight is 445 g/mol. The maximum absolute atomic E-state index is 12.9. The molecule has 0 unspecified atom stereocenters. The third kappa shape index (κ3) is 5.58. The van der Waals surface area contributed by atoms with Crippen molar-refractivity contribution in [1.82, 2.24) is 9.80 Å². The summed E-state index contributed by atoms with van der Waals surface area (Å²) in [5, 5.41) is 0. The highest BCUT2D eigenvalue weighted by atomic mass is 28.3. The third-order valence-corrected chi connectivity index (χ3v) is 7.42. The van der Waals surface area contributed by atoms with E-state index in [-0.39, 0.29) is 27.5 Å². The van der Waals surface area contributed by atoms with Crippen LogP contribution in [0.5, 0.6) is 0 Å².